The van der Waals surface area contributed by atoms with Crippen molar-refractivity contribution in [2.75, 3.05) is 0 Å². The first kappa shape index (κ1) is 43.7. The third-order valence-electron chi connectivity index (χ3n) is 8.91. The Kier molecular flexibility index (Phi) is 18.7. The van der Waals surface area contributed by atoms with Crippen LogP contribution in [-0.4, -0.2) is 10.2 Å². The molecule has 0 aromatic heterocycles. The van der Waals surface area contributed by atoms with E-state index in [0.717, 1.165) is 0 Å². The van der Waals surface area contributed by atoms with Gasteiger partial charge in [-0.15, -0.1) is 69.1 Å². The maximum Gasteiger partial charge on any atom is 4.00 e. The summed E-state index contributed by atoms with van der Waals surface area (Å²) in [7, 11) is 2.97. The molecule has 0 spiro atoms. The average Bonchev–Trinajstić information content (AvgIpc) is 3.72. The molecule has 0 saturated heterocycles. The molecule has 0 heterocycles. The molecule has 8 aromatic rings. The second-order valence-electron chi connectivity index (χ2n) is 12.4. The Morgan fingerprint density at radius 2 is 0.745 bits per heavy atom. The fourth-order valence-corrected chi connectivity index (χ4v) is 6.66. The van der Waals surface area contributed by atoms with Gasteiger partial charge >= 0.3 is 21.7 Å². The minimum atomic E-state index is 0. The van der Waals surface area contributed by atoms with E-state index in [9.17, 15) is 0 Å². The van der Waals surface area contributed by atoms with Crippen LogP contribution < -0.4 is 24.8 Å². The fourth-order valence-electron chi connectivity index (χ4n) is 6.66. The van der Waals surface area contributed by atoms with Crippen molar-refractivity contribution < 1.29 is 46.5 Å². The number of halogens is 2. The molecule has 0 aliphatic carbocycles. The fraction of sp³-hybridized carbons (Fsp3) is 0.191. The standard InChI is InChI=1S/2C20H15.C6H14.CH3Si.2ClH.Ti/c2*1-14-12-16-8-5-11-19(20(16)13-14)18-10-4-7-15-6-2-3-9-17(15)18;1-3-5-6-4-2;1-2;;;/h2*2-13H,1H3;3-6H2,1-2H3;1H3;2*1H;/q2*-1;;;;;+4/p-2. The zero-order chi connectivity index (χ0) is 33.9. The molecule has 0 amide bonds. The van der Waals surface area contributed by atoms with Crippen molar-refractivity contribution >= 4 is 53.3 Å². The first-order valence-corrected chi connectivity index (χ1v) is 18.4. The molecule has 0 atom stereocenters. The predicted molar refractivity (Wildman–Crippen MR) is 216 cm³/mol. The van der Waals surface area contributed by atoms with Crippen molar-refractivity contribution in [3.05, 3.63) is 157 Å². The van der Waals surface area contributed by atoms with E-state index < -0.39 is 0 Å². The molecule has 0 aliphatic heterocycles. The second-order valence-corrected chi connectivity index (χ2v) is 12.4. The van der Waals surface area contributed by atoms with Gasteiger partial charge in [0.25, 0.3) is 0 Å². The third kappa shape index (κ3) is 10.6. The van der Waals surface area contributed by atoms with E-state index in [1.807, 2.05) is 0 Å². The van der Waals surface area contributed by atoms with E-state index in [2.05, 4.69) is 184 Å². The van der Waals surface area contributed by atoms with E-state index in [1.54, 1.807) is 6.55 Å². The van der Waals surface area contributed by atoms with E-state index in [-0.39, 0.29) is 46.5 Å². The molecule has 3 radical (unpaired) electrons. The summed E-state index contributed by atoms with van der Waals surface area (Å²) in [5, 5.41) is 10.6. The van der Waals surface area contributed by atoms with Gasteiger partial charge in [0.05, 0.1) is 0 Å². The van der Waals surface area contributed by atoms with E-state index in [4.69, 9.17) is 0 Å². The zero-order valence-electron chi connectivity index (χ0n) is 30.4. The monoisotopic (exact) mass is 757 g/mol. The largest absolute Gasteiger partial charge is 4.00 e. The van der Waals surface area contributed by atoms with Gasteiger partial charge in [0.2, 0.25) is 0 Å². The van der Waals surface area contributed by atoms with Crippen molar-refractivity contribution in [3.63, 3.8) is 0 Å². The molecule has 8 aromatic carbocycles. The smallest absolute Gasteiger partial charge is 1.00 e. The summed E-state index contributed by atoms with van der Waals surface area (Å²) in [5.74, 6) is 0. The first-order chi connectivity index (χ1) is 23.6. The van der Waals surface area contributed by atoms with Gasteiger partial charge < -0.3 is 24.8 Å². The summed E-state index contributed by atoms with van der Waals surface area (Å²) in [6.45, 7) is 10.6. The SMILES string of the molecule is CCCCCC.C[Si].Cc1cc2c(-c3cccc4ccccc34)cccc2[cH-]1.Cc1cc2c(-c3cccc4ccccc34)cccc2[cH-]1.[Cl-].[Cl-].[Ti+4]. The van der Waals surface area contributed by atoms with Crippen LogP contribution in [0, 0.1) is 13.8 Å². The molecule has 257 valence electrons. The number of aryl methyl sites for hydroxylation is 2. The summed E-state index contributed by atoms with van der Waals surface area (Å²) in [6, 6.07) is 52.5. The van der Waals surface area contributed by atoms with Gasteiger partial charge in [0.1, 0.15) is 0 Å². The van der Waals surface area contributed by atoms with Gasteiger partial charge in [-0.05, 0) is 32.7 Å². The summed E-state index contributed by atoms with van der Waals surface area (Å²) < 4.78 is 0. The topological polar surface area (TPSA) is 0 Å². The van der Waals surface area contributed by atoms with Crippen LogP contribution >= 0.6 is 0 Å². The molecule has 51 heavy (non-hydrogen) atoms. The third-order valence-corrected chi connectivity index (χ3v) is 8.91. The molecule has 8 rings (SSSR count). The van der Waals surface area contributed by atoms with Crippen molar-refractivity contribution in [1.82, 2.24) is 0 Å². The minimum Gasteiger partial charge on any atom is -1.00 e. The van der Waals surface area contributed by atoms with Crippen molar-refractivity contribution in [2.24, 2.45) is 0 Å². The van der Waals surface area contributed by atoms with Crippen LogP contribution in [0.5, 0.6) is 0 Å². The molecule has 4 heteroatoms. The Morgan fingerprint density at radius 3 is 1.12 bits per heavy atom. The molecule has 0 bridgehead atoms. The summed E-state index contributed by atoms with van der Waals surface area (Å²) in [6.07, 6.45) is 5.54. The Balaban J connectivity index is 0.000000280. The van der Waals surface area contributed by atoms with Gasteiger partial charge in [0.15, 0.2) is 0 Å². The Hall–Kier alpha value is -3.43. The maximum atomic E-state index is 2.97. The van der Waals surface area contributed by atoms with Crippen LogP contribution in [-0.2, 0) is 21.7 Å². The van der Waals surface area contributed by atoms with Crippen LogP contribution in [0.4, 0.5) is 0 Å². The van der Waals surface area contributed by atoms with Gasteiger partial charge in [-0.2, -0.15) is 12.1 Å². The Bertz CT molecular complexity index is 2060. The number of fused-ring (bicyclic) bond motifs is 4. The van der Waals surface area contributed by atoms with Crippen LogP contribution in [0.3, 0.4) is 0 Å². The number of hydrogen-bond acceptors (Lipinski definition) is 0. The molecular formula is C47H47Cl2SiTi. The van der Waals surface area contributed by atoms with Crippen LogP contribution in [0.15, 0.2) is 146 Å². The summed E-state index contributed by atoms with van der Waals surface area (Å²) >= 11 is 0. The molecule has 0 N–H and O–H groups in total. The molecule has 0 aliphatic rings. The second kappa shape index (κ2) is 21.8. The van der Waals surface area contributed by atoms with Crippen LogP contribution in [0.1, 0.15) is 50.7 Å². The van der Waals surface area contributed by atoms with Crippen molar-refractivity contribution in [3.8, 4) is 22.3 Å². The quantitative estimate of drug-likeness (QED) is 0.0945. The number of hydrogen-bond donors (Lipinski definition) is 0. The number of rotatable bonds is 5. The molecule has 0 fully saturated rings. The summed E-state index contributed by atoms with van der Waals surface area (Å²) in [5.41, 5.74) is 7.94. The van der Waals surface area contributed by atoms with E-state index in [0.29, 0.717) is 0 Å². The Morgan fingerprint density at radius 1 is 0.431 bits per heavy atom. The van der Waals surface area contributed by atoms with E-state index in [1.165, 1.54) is 102 Å². The molecule has 0 nitrogen and oxygen atoms in total. The maximum absolute atomic E-state index is 2.97. The predicted octanol–water partition coefficient (Wildman–Crippen LogP) is 8.17. The zero-order valence-corrected chi connectivity index (χ0v) is 34.5. The Labute approximate surface area is 336 Å². The van der Waals surface area contributed by atoms with Gasteiger partial charge in [-0.1, -0.05) is 168 Å². The van der Waals surface area contributed by atoms with Crippen LogP contribution in [0.2, 0.25) is 6.55 Å². The molecule has 0 saturated carbocycles. The van der Waals surface area contributed by atoms with Crippen LogP contribution in [0.25, 0.3) is 65.3 Å². The van der Waals surface area contributed by atoms with E-state index >= 15 is 0 Å². The van der Waals surface area contributed by atoms with Gasteiger partial charge in [-0.25, -0.2) is 0 Å². The summed E-state index contributed by atoms with van der Waals surface area (Å²) in [4.78, 5) is 0. The average molecular weight is 759 g/mol. The number of benzene rings is 6. The number of unbranched alkanes of at least 4 members (excludes halogenated alkanes) is 3. The minimum absolute atomic E-state index is 0. The van der Waals surface area contributed by atoms with Crippen molar-refractivity contribution in [2.45, 2.75) is 59.9 Å². The van der Waals surface area contributed by atoms with Gasteiger partial charge in [-0.3, -0.25) is 0 Å². The van der Waals surface area contributed by atoms with Gasteiger partial charge in [0, 0.05) is 10.2 Å². The normalized spacial score (nSPS) is 10.0. The molecular weight excluding hydrogens is 711 g/mol. The molecule has 0 unspecified atom stereocenters. The first-order valence-electron chi connectivity index (χ1n) is 17.4. The van der Waals surface area contributed by atoms with Crippen molar-refractivity contribution in [1.29, 1.82) is 0 Å².